The first kappa shape index (κ1) is 20.2. The third kappa shape index (κ3) is 3.85. The van der Waals surface area contributed by atoms with E-state index in [-0.39, 0.29) is 11.5 Å². The highest BCUT2D eigenvalue weighted by molar-refractivity contribution is 7.99. The van der Waals surface area contributed by atoms with Gasteiger partial charge in [-0.1, -0.05) is 17.8 Å². The standard InChI is InChI=1S/C23H23N3O3S/c1-13-8-14(2)10-18(9-13)26-15(3)11-20(16(26)4)21(27)12-30-23-25-24-22(29-23)19-6-7-28-17(19)5/h6-11H,12H2,1-5H3. The van der Waals surface area contributed by atoms with Gasteiger partial charge in [-0.25, -0.2) is 0 Å². The summed E-state index contributed by atoms with van der Waals surface area (Å²) >= 11 is 1.24. The monoisotopic (exact) mass is 421 g/mol. The van der Waals surface area contributed by atoms with Gasteiger partial charge in [0, 0.05) is 22.6 Å². The van der Waals surface area contributed by atoms with Gasteiger partial charge in [0.05, 0.1) is 17.6 Å². The zero-order valence-electron chi connectivity index (χ0n) is 17.6. The molecule has 0 aliphatic carbocycles. The number of benzene rings is 1. The van der Waals surface area contributed by atoms with Crippen LogP contribution in [-0.4, -0.2) is 26.3 Å². The van der Waals surface area contributed by atoms with E-state index in [0.29, 0.717) is 22.4 Å². The smallest absolute Gasteiger partial charge is 0.277 e. The summed E-state index contributed by atoms with van der Waals surface area (Å²) in [5.74, 6) is 1.36. The molecule has 0 saturated heterocycles. The minimum Gasteiger partial charge on any atom is -0.469 e. The summed E-state index contributed by atoms with van der Waals surface area (Å²) in [6.45, 7) is 10.00. The van der Waals surface area contributed by atoms with Crippen molar-refractivity contribution < 1.29 is 13.6 Å². The van der Waals surface area contributed by atoms with Crippen LogP contribution in [-0.2, 0) is 0 Å². The second-order valence-corrected chi connectivity index (χ2v) is 8.37. The highest BCUT2D eigenvalue weighted by atomic mass is 32.2. The molecule has 0 amide bonds. The van der Waals surface area contributed by atoms with Crippen molar-refractivity contribution in [1.82, 2.24) is 14.8 Å². The summed E-state index contributed by atoms with van der Waals surface area (Å²) in [7, 11) is 0. The number of aromatic nitrogens is 3. The Balaban J connectivity index is 1.52. The second kappa shape index (κ2) is 7.99. The molecule has 1 aromatic carbocycles. The number of carbonyl (C=O) groups excluding carboxylic acids is 1. The Hall–Kier alpha value is -3.06. The van der Waals surface area contributed by atoms with E-state index in [4.69, 9.17) is 8.83 Å². The van der Waals surface area contributed by atoms with Crippen molar-refractivity contribution >= 4 is 17.5 Å². The van der Waals surface area contributed by atoms with Crippen molar-refractivity contribution in [2.24, 2.45) is 0 Å². The molecule has 6 nitrogen and oxygen atoms in total. The fourth-order valence-electron chi connectivity index (χ4n) is 3.71. The molecule has 154 valence electrons. The zero-order chi connectivity index (χ0) is 21.4. The van der Waals surface area contributed by atoms with Crippen LogP contribution in [0.25, 0.3) is 17.1 Å². The lowest BCUT2D eigenvalue weighted by Gasteiger charge is -2.12. The maximum atomic E-state index is 12.9. The summed E-state index contributed by atoms with van der Waals surface area (Å²) in [5.41, 5.74) is 6.90. The number of carbonyl (C=O) groups is 1. The molecule has 0 aliphatic heterocycles. The van der Waals surface area contributed by atoms with Crippen LogP contribution in [0.1, 0.15) is 38.6 Å². The molecule has 30 heavy (non-hydrogen) atoms. The maximum absolute atomic E-state index is 12.9. The van der Waals surface area contributed by atoms with Gasteiger partial charge >= 0.3 is 0 Å². The van der Waals surface area contributed by atoms with Crippen molar-refractivity contribution in [3.05, 3.63) is 70.4 Å². The molecular weight excluding hydrogens is 398 g/mol. The van der Waals surface area contributed by atoms with E-state index >= 15 is 0 Å². The van der Waals surface area contributed by atoms with Crippen LogP contribution in [0.5, 0.6) is 0 Å². The molecule has 0 radical (unpaired) electrons. The molecule has 0 N–H and O–H groups in total. The third-order valence-electron chi connectivity index (χ3n) is 5.02. The van der Waals surface area contributed by atoms with Gasteiger partial charge in [-0.3, -0.25) is 4.79 Å². The molecule has 0 aliphatic rings. The fraction of sp³-hybridized carbons (Fsp3) is 0.261. The lowest BCUT2D eigenvalue weighted by atomic mass is 10.1. The van der Waals surface area contributed by atoms with E-state index in [1.807, 2.05) is 26.8 Å². The van der Waals surface area contributed by atoms with Crippen molar-refractivity contribution in [2.45, 2.75) is 39.8 Å². The van der Waals surface area contributed by atoms with E-state index in [1.54, 1.807) is 12.3 Å². The van der Waals surface area contributed by atoms with Crippen LogP contribution in [0.2, 0.25) is 0 Å². The lowest BCUT2D eigenvalue weighted by molar-refractivity contribution is 0.102. The quantitative estimate of drug-likeness (QED) is 0.296. The van der Waals surface area contributed by atoms with Gasteiger partial charge in [-0.05, 0) is 70.0 Å². The van der Waals surface area contributed by atoms with E-state index in [2.05, 4.69) is 46.8 Å². The summed E-state index contributed by atoms with van der Waals surface area (Å²) in [6, 6.07) is 10.1. The van der Waals surface area contributed by atoms with Crippen LogP contribution in [0.15, 0.2) is 50.7 Å². The Kier molecular flexibility index (Phi) is 5.39. The average molecular weight is 422 g/mol. The Labute approximate surface area is 179 Å². The van der Waals surface area contributed by atoms with Gasteiger partial charge in [-0.2, -0.15) is 0 Å². The molecule has 4 aromatic rings. The van der Waals surface area contributed by atoms with Gasteiger partial charge in [0.15, 0.2) is 5.78 Å². The third-order valence-corrected chi connectivity index (χ3v) is 5.84. The number of aryl methyl sites for hydroxylation is 4. The number of ketones is 1. The first-order valence-electron chi connectivity index (χ1n) is 9.65. The topological polar surface area (TPSA) is 74.1 Å². The van der Waals surface area contributed by atoms with Gasteiger partial charge in [0.1, 0.15) is 5.76 Å². The fourth-order valence-corrected chi connectivity index (χ4v) is 4.36. The summed E-state index contributed by atoms with van der Waals surface area (Å²) in [5, 5.41) is 8.45. The lowest BCUT2D eigenvalue weighted by Crippen LogP contribution is -2.06. The van der Waals surface area contributed by atoms with Crippen molar-refractivity contribution in [3.8, 4) is 17.1 Å². The Morgan fingerprint density at radius 2 is 1.77 bits per heavy atom. The van der Waals surface area contributed by atoms with E-state index in [0.717, 1.165) is 22.6 Å². The van der Waals surface area contributed by atoms with Gasteiger partial charge in [-0.15, -0.1) is 10.2 Å². The van der Waals surface area contributed by atoms with Gasteiger partial charge in [0.2, 0.25) is 0 Å². The van der Waals surface area contributed by atoms with Crippen LogP contribution in [0.3, 0.4) is 0 Å². The largest absolute Gasteiger partial charge is 0.469 e. The van der Waals surface area contributed by atoms with Gasteiger partial charge < -0.3 is 13.4 Å². The Bertz CT molecular complexity index is 1210. The molecule has 3 aromatic heterocycles. The molecule has 3 heterocycles. The van der Waals surface area contributed by atoms with E-state index in [1.165, 1.54) is 22.9 Å². The number of rotatable bonds is 6. The molecule has 4 rings (SSSR count). The zero-order valence-corrected chi connectivity index (χ0v) is 18.5. The van der Waals surface area contributed by atoms with Crippen molar-refractivity contribution in [1.29, 1.82) is 0 Å². The van der Waals surface area contributed by atoms with Gasteiger partial charge in [0.25, 0.3) is 11.1 Å². The minimum absolute atomic E-state index is 0.0305. The number of hydrogen-bond donors (Lipinski definition) is 0. The SMILES string of the molecule is Cc1cc(C)cc(-n2c(C)cc(C(=O)CSc3nnc(-c4ccoc4C)o3)c2C)c1. The first-order valence-corrected chi connectivity index (χ1v) is 10.6. The molecule has 0 bridgehead atoms. The Morgan fingerprint density at radius 3 is 2.43 bits per heavy atom. The predicted molar refractivity (Wildman–Crippen MR) is 117 cm³/mol. The molecule has 0 atom stereocenters. The number of Topliss-reactive ketones (excluding diaryl/α,β-unsaturated/α-hetero) is 1. The van der Waals surface area contributed by atoms with E-state index < -0.39 is 0 Å². The highest BCUT2D eigenvalue weighted by Crippen LogP contribution is 2.28. The highest BCUT2D eigenvalue weighted by Gasteiger charge is 2.19. The predicted octanol–water partition coefficient (Wildman–Crippen LogP) is 5.64. The van der Waals surface area contributed by atoms with Crippen molar-refractivity contribution in [2.75, 3.05) is 5.75 Å². The molecular formula is C23H23N3O3S. The molecule has 0 spiro atoms. The summed E-state index contributed by atoms with van der Waals surface area (Å²) in [6.07, 6.45) is 1.58. The average Bonchev–Trinajstić information content (AvgIpc) is 3.38. The number of nitrogens with zero attached hydrogens (tertiary/aromatic N) is 3. The normalized spacial score (nSPS) is 11.2. The van der Waals surface area contributed by atoms with Crippen LogP contribution in [0, 0.1) is 34.6 Å². The van der Waals surface area contributed by atoms with Crippen LogP contribution >= 0.6 is 11.8 Å². The minimum atomic E-state index is 0.0305. The van der Waals surface area contributed by atoms with Crippen molar-refractivity contribution in [3.63, 3.8) is 0 Å². The molecule has 0 fully saturated rings. The first-order chi connectivity index (χ1) is 14.3. The van der Waals surface area contributed by atoms with Crippen LogP contribution in [0.4, 0.5) is 0 Å². The van der Waals surface area contributed by atoms with Crippen LogP contribution < -0.4 is 0 Å². The summed E-state index contributed by atoms with van der Waals surface area (Å²) in [4.78, 5) is 12.9. The molecule has 0 saturated carbocycles. The Morgan fingerprint density at radius 1 is 1.03 bits per heavy atom. The molecule has 7 heteroatoms. The maximum Gasteiger partial charge on any atom is 0.277 e. The number of hydrogen-bond acceptors (Lipinski definition) is 6. The second-order valence-electron chi connectivity index (χ2n) is 7.44. The van der Waals surface area contributed by atoms with E-state index in [9.17, 15) is 4.79 Å². The number of furan rings is 1. The molecule has 0 unspecified atom stereocenters. The summed E-state index contributed by atoms with van der Waals surface area (Å²) < 4.78 is 13.1. The number of thioether (sulfide) groups is 1.